The average molecular weight is 293 g/mol. The van der Waals surface area contributed by atoms with Crippen molar-refractivity contribution < 1.29 is 22.3 Å². The fraction of sp³-hybridized carbons (Fsp3) is 0.571. The maximum Gasteiger partial charge on any atom is 0.411 e. The van der Waals surface area contributed by atoms with Crippen LogP contribution >= 0.6 is 0 Å². The first-order chi connectivity index (χ1) is 9.33. The SMILES string of the molecule is CCCNC(COCC(F)(F)F)c1ccc(F)cc1C. The molecule has 1 aromatic rings. The van der Waals surface area contributed by atoms with Crippen LogP contribution < -0.4 is 5.32 Å². The van der Waals surface area contributed by atoms with Crippen LogP contribution in [-0.2, 0) is 4.74 Å². The third-order valence-corrected chi connectivity index (χ3v) is 2.80. The average Bonchev–Trinajstić information content (AvgIpc) is 2.33. The van der Waals surface area contributed by atoms with E-state index in [-0.39, 0.29) is 18.5 Å². The number of hydrogen-bond donors (Lipinski definition) is 1. The molecule has 0 spiro atoms. The molecule has 0 aromatic heterocycles. The third kappa shape index (κ3) is 5.88. The molecule has 114 valence electrons. The zero-order valence-electron chi connectivity index (χ0n) is 11.6. The molecule has 1 rings (SSSR count). The maximum absolute atomic E-state index is 13.1. The van der Waals surface area contributed by atoms with Gasteiger partial charge in [-0.05, 0) is 43.1 Å². The van der Waals surface area contributed by atoms with E-state index in [9.17, 15) is 17.6 Å². The van der Waals surface area contributed by atoms with Crippen molar-refractivity contribution in [2.75, 3.05) is 19.8 Å². The van der Waals surface area contributed by atoms with E-state index in [0.717, 1.165) is 12.0 Å². The number of hydrogen-bond acceptors (Lipinski definition) is 2. The smallest absolute Gasteiger partial charge is 0.370 e. The third-order valence-electron chi connectivity index (χ3n) is 2.80. The molecular formula is C14H19F4NO. The van der Waals surface area contributed by atoms with Gasteiger partial charge in [0.2, 0.25) is 0 Å². The van der Waals surface area contributed by atoms with E-state index in [2.05, 4.69) is 5.32 Å². The van der Waals surface area contributed by atoms with Crippen LogP contribution in [0.1, 0.15) is 30.5 Å². The molecule has 0 saturated carbocycles. The maximum atomic E-state index is 13.1. The number of alkyl halides is 3. The highest BCUT2D eigenvalue weighted by molar-refractivity contribution is 5.29. The summed E-state index contributed by atoms with van der Waals surface area (Å²) in [6.45, 7) is 2.95. The summed E-state index contributed by atoms with van der Waals surface area (Å²) in [6.07, 6.45) is -3.50. The first kappa shape index (κ1) is 16.9. The predicted molar refractivity (Wildman–Crippen MR) is 69.0 cm³/mol. The Labute approximate surface area is 116 Å². The fourth-order valence-corrected chi connectivity index (χ4v) is 1.90. The summed E-state index contributed by atoms with van der Waals surface area (Å²) in [6, 6.07) is 3.86. The Bertz CT molecular complexity index is 420. The van der Waals surface area contributed by atoms with Gasteiger partial charge in [0, 0.05) is 0 Å². The largest absolute Gasteiger partial charge is 0.411 e. The first-order valence-electron chi connectivity index (χ1n) is 6.47. The lowest BCUT2D eigenvalue weighted by atomic mass is 10.0. The second-order valence-electron chi connectivity index (χ2n) is 4.64. The van der Waals surface area contributed by atoms with Gasteiger partial charge in [0.15, 0.2) is 0 Å². The Morgan fingerprint density at radius 2 is 2.00 bits per heavy atom. The molecule has 0 radical (unpaired) electrons. The minimum absolute atomic E-state index is 0.105. The zero-order valence-corrected chi connectivity index (χ0v) is 11.6. The highest BCUT2D eigenvalue weighted by Gasteiger charge is 2.28. The van der Waals surface area contributed by atoms with Crippen molar-refractivity contribution in [1.29, 1.82) is 0 Å². The van der Waals surface area contributed by atoms with E-state index in [4.69, 9.17) is 4.74 Å². The molecule has 2 nitrogen and oxygen atoms in total. The van der Waals surface area contributed by atoms with Crippen LogP contribution in [0.4, 0.5) is 17.6 Å². The molecule has 0 saturated heterocycles. The van der Waals surface area contributed by atoms with Crippen LogP contribution in [-0.4, -0.2) is 25.9 Å². The Hall–Kier alpha value is -1.14. The normalized spacial score (nSPS) is 13.5. The van der Waals surface area contributed by atoms with Gasteiger partial charge in [-0.2, -0.15) is 13.2 Å². The molecular weight excluding hydrogens is 274 g/mol. The van der Waals surface area contributed by atoms with Gasteiger partial charge < -0.3 is 10.1 Å². The molecule has 6 heteroatoms. The standard InChI is InChI=1S/C14H19F4NO/c1-3-6-19-13(8-20-9-14(16,17)18)12-5-4-11(15)7-10(12)2/h4-5,7,13,19H,3,6,8-9H2,1-2H3. The molecule has 0 heterocycles. The lowest BCUT2D eigenvalue weighted by molar-refractivity contribution is -0.175. The monoisotopic (exact) mass is 293 g/mol. The Kier molecular flexibility index (Phi) is 6.42. The highest BCUT2D eigenvalue weighted by Crippen LogP contribution is 2.21. The molecule has 1 N–H and O–H groups in total. The van der Waals surface area contributed by atoms with Gasteiger partial charge in [-0.25, -0.2) is 4.39 Å². The number of halogens is 4. The van der Waals surface area contributed by atoms with Crippen molar-refractivity contribution in [3.8, 4) is 0 Å². The molecule has 0 aliphatic carbocycles. The van der Waals surface area contributed by atoms with Crippen LogP contribution in [0.15, 0.2) is 18.2 Å². The second-order valence-corrected chi connectivity index (χ2v) is 4.64. The number of rotatable bonds is 7. The molecule has 0 amide bonds. The van der Waals surface area contributed by atoms with Crippen molar-refractivity contribution in [1.82, 2.24) is 5.32 Å². The van der Waals surface area contributed by atoms with Crippen molar-refractivity contribution in [2.24, 2.45) is 0 Å². The van der Waals surface area contributed by atoms with Crippen molar-refractivity contribution in [2.45, 2.75) is 32.5 Å². The molecule has 20 heavy (non-hydrogen) atoms. The van der Waals surface area contributed by atoms with Gasteiger partial charge in [0.05, 0.1) is 12.6 Å². The topological polar surface area (TPSA) is 21.3 Å². The number of benzene rings is 1. The van der Waals surface area contributed by atoms with Crippen molar-refractivity contribution in [3.63, 3.8) is 0 Å². The number of ether oxygens (including phenoxy) is 1. The van der Waals surface area contributed by atoms with E-state index in [1.165, 1.54) is 12.1 Å². The minimum Gasteiger partial charge on any atom is -0.370 e. The van der Waals surface area contributed by atoms with Crippen molar-refractivity contribution in [3.05, 3.63) is 35.1 Å². The summed E-state index contributed by atoms with van der Waals surface area (Å²) < 4.78 is 54.1. The molecule has 1 atom stereocenters. The first-order valence-corrected chi connectivity index (χ1v) is 6.47. The summed E-state index contributed by atoms with van der Waals surface area (Å²) >= 11 is 0. The Morgan fingerprint density at radius 1 is 1.30 bits per heavy atom. The number of nitrogens with one attached hydrogen (secondary N) is 1. The van der Waals surface area contributed by atoms with Gasteiger partial charge in [-0.3, -0.25) is 0 Å². The molecule has 0 aliphatic rings. The van der Waals surface area contributed by atoms with Gasteiger partial charge in [-0.15, -0.1) is 0 Å². The molecule has 0 fully saturated rings. The van der Waals surface area contributed by atoms with Crippen molar-refractivity contribution >= 4 is 0 Å². The van der Waals surface area contributed by atoms with E-state index in [0.29, 0.717) is 12.1 Å². The van der Waals surface area contributed by atoms with Gasteiger partial charge in [-0.1, -0.05) is 13.0 Å². The van der Waals surface area contributed by atoms with Crippen LogP contribution in [0.3, 0.4) is 0 Å². The quantitative estimate of drug-likeness (QED) is 0.773. The van der Waals surface area contributed by atoms with Gasteiger partial charge >= 0.3 is 6.18 Å². The van der Waals surface area contributed by atoms with E-state index in [1.807, 2.05) is 6.92 Å². The molecule has 0 aliphatic heterocycles. The van der Waals surface area contributed by atoms with E-state index >= 15 is 0 Å². The van der Waals surface area contributed by atoms with E-state index in [1.54, 1.807) is 13.0 Å². The summed E-state index contributed by atoms with van der Waals surface area (Å²) in [5, 5.41) is 3.12. The molecule has 1 unspecified atom stereocenters. The van der Waals surface area contributed by atoms with E-state index < -0.39 is 12.8 Å². The predicted octanol–water partition coefficient (Wildman–Crippen LogP) is 3.75. The Balaban J connectivity index is 2.72. The fourth-order valence-electron chi connectivity index (χ4n) is 1.90. The van der Waals surface area contributed by atoms with Gasteiger partial charge in [0.25, 0.3) is 0 Å². The van der Waals surface area contributed by atoms with Crippen LogP contribution in [0.2, 0.25) is 0 Å². The summed E-state index contributed by atoms with van der Waals surface area (Å²) in [5.41, 5.74) is 1.44. The summed E-state index contributed by atoms with van der Waals surface area (Å²) in [4.78, 5) is 0. The van der Waals surface area contributed by atoms with Crippen LogP contribution in [0.5, 0.6) is 0 Å². The van der Waals surface area contributed by atoms with Gasteiger partial charge in [0.1, 0.15) is 12.4 Å². The Morgan fingerprint density at radius 3 is 2.55 bits per heavy atom. The lowest BCUT2D eigenvalue weighted by Crippen LogP contribution is -2.29. The zero-order chi connectivity index (χ0) is 15.2. The molecule has 0 bridgehead atoms. The summed E-state index contributed by atoms with van der Waals surface area (Å²) in [7, 11) is 0. The summed E-state index contributed by atoms with van der Waals surface area (Å²) in [5.74, 6) is -0.364. The lowest BCUT2D eigenvalue weighted by Gasteiger charge is -2.21. The molecule has 1 aromatic carbocycles. The minimum atomic E-state index is -4.34. The van der Waals surface area contributed by atoms with Crippen LogP contribution in [0.25, 0.3) is 0 Å². The van der Waals surface area contributed by atoms with Crippen LogP contribution in [0, 0.1) is 12.7 Å². The highest BCUT2D eigenvalue weighted by atomic mass is 19.4. The number of aryl methyl sites for hydroxylation is 1. The second kappa shape index (κ2) is 7.59.